The fourth-order valence-corrected chi connectivity index (χ4v) is 3.62. The van der Waals surface area contributed by atoms with Crippen LogP contribution in [0, 0.1) is 6.92 Å². The molecule has 2 aromatic carbocycles. The summed E-state index contributed by atoms with van der Waals surface area (Å²) in [7, 11) is 0. The van der Waals surface area contributed by atoms with Gasteiger partial charge in [0.2, 0.25) is 0 Å². The molecule has 4 rings (SSSR count). The number of aryl methyl sites for hydroxylation is 1. The maximum absolute atomic E-state index is 12.7. The van der Waals surface area contributed by atoms with E-state index in [9.17, 15) is 4.79 Å². The molecule has 1 aliphatic rings. The first-order chi connectivity index (χ1) is 13.2. The van der Waals surface area contributed by atoms with Crippen molar-refractivity contribution in [2.24, 2.45) is 0 Å². The molecule has 27 heavy (non-hydrogen) atoms. The third-order valence-electron chi connectivity index (χ3n) is 5.00. The van der Waals surface area contributed by atoms with Crippen molar-refractivity contribution in [1.29, 1.82) is 0 Å². The lowest BCUT2D eigenvalue weighted by Crippen LogP contribution is -3.09. The van der Waals surface area contributed by atoms with Gasteiger partial charge in [-0.1, -0.05) is 48.5 Å². The van der Waals surface area contributed by atoms with Crippen LogP contribution in [-0.4, -0.2) is 40.0 Å². The van der Waals surface area contributed by atoms with E-state index in [2.05, 4.69) is 39.8 Å². The van der Waals surface area contributed by atoms with Gasteiger partial charge >= 0.3 is 0 Å². The van der Waals surface area contributed by atoms with E-state index in [0.717, 1.165) is 31.7 Å². The van der Waals surface area contributed by atoms with E-state index in [4.69, 9.17) is 0 Å². The number of para-hydroxylation sites is 1. The zero-order chi connectivity index (χ0) is 18.6. The zero-order valence-corrected chi connectivity index (χ0v) is 15.4. The fraction of sp³-hybridized carbons (Fsp3) is 0.286. The fourth-order valence-electron chi connectivity index (χ4n) is 3.62. The average molecular weight is 362 g/mol. The van der Waals surface area contributed by atoms with Crippen molar-refractivity contribution in [3.05, 3.63) is 77.6 Å². The summed E-state index contributed by atoms with van der Waals surface area (Å²) in [5.41, 5.74) is 3.22. The second-order valence-corrected chi connectivity index (χ2v) is 7.08. The van der Waals surface area contributed by atoms with Crippen LogP contribution in [0.3, 0.4) is 0 Å². The van der Waals surface area contributed by atoms with Gasteiger partial charge in [-0.25, -0.2) is 0 Å². The molecule has 138 valence electrons. The van der Waals surface area contributed by atoms with E-state index < -0.39 is 0 Å². The maximum Gasteiger partial charge on any atom is 0.274 e. The monoisotopic (exact) mass is 362 g/mol. The Hall–Kier alpha value is -2.99. The standard InChI is InChI=1S/C21H23N5O/c1-16-20(24-26(23-16)19-10-6-3-7-11-19)21(27)22-18-12-13-25(15-18)14-17-8-4-2-5-9-17/h2-11,18H,12-15H2,1H3,(H,22,27)/p+1/t18-/m1/s1. The number of likely N-dealkylation sites (tertiary alicyclic amines) is 1. The number of carbonyl (C=O) groups is 1. The van der Waals surface area contributed by atoms with Crippen molar-refractivity contribution in [3.63, 3.8) is 0 Å². The molecule has 6 heteroatoms. The van der Waals surface area contributed by atoms with Crippen LogP contribution in [0.2, 0.25) is 0 Å². The number of quaternary nitrogens is 1. The summed E-state index contributed by atoms with van der Waals surface area (Å²) >= 11 is 0. The number of hydrogen-bond donors (Lipinski definition) is 2. The molecule has 6 nitrogen and oxygen atoms in total. The number of hydrogen-bond acceptors (Lipinski definition) is 3. The third kappa shape index (κ3) is 4.06. The summed E-state index contributed by atoms with van der Waals surface area (Å²) in [6, 6.07) is 20.3. The molecule has 2 atom stereocenters. The number of amides is 1. The van der Waals surface area contributed by atoms with E-state index >= 15 is 0 Å². The molecular formula is C21H24N5O+. The third-order valence-corrected chi connectivity index (χ3v) is 5.00. The van der Waals surface area contributed by atoms with Crippen LogP contribution in [0.4, 0.5) is 0 Å². The summed E-state index contributed by atoms with van der Waals surface area (Å²) < 4.78 is 0. The Morgan fingerprint density at radius 3 is 2.56 bits per heavy atom. The summed E-state index contributed by atoms with van der Waals surface area (Å²) in [4.78, 5) is 15.7. The molecule has 0 spiro atoms. The minimum atomic E-state index is -0.138. The number of nitrogens with one attached hydrogen (secondary N) is 2. The molecule has 2 heterocycles. The van der Waals surface area contributed by atoms with Crippen molar-refractivity contribution in [3.8, 4) is 5.69 Å². The topological polar surface area (TPSA) is 64.2 Å². The van der Waals surface area contributed by atoms with E-state index in [1.54, 1.807) is 0 Å². The van der Waals surface area contributed by atoms with Crippen LogP contribution >= 0.6 is 0 Å². The predicted molar refractivity (Wildman–Crippen MR) is 103 cm³/mol. The Kier molecular flexibility index (Phi) is 4.98. The molecule has 3 aromatic rings. The molecule has 0 bridgehead atoms. The van der Waals surface area contributed by atoms with E-state index in [1.807, 2.05) is 43.3 Å². The SMILES string of the molecule is Cc1nn(-c2ccccc2)nc1C(=O)N[C@@H]1CC[NH+](Cc2ccccc2)C1. The quantitative estimate of drug-likeness (QED) is 0.716. The molecule has 1 saturated heterocycles. The highest BCUT2D eigenvalue weighted by Crippen LogP contribution is 2.09. The van der Waals surface area contributed by atoms with Gasteiger partial charge in [0, 0.05) is 12.0 Å². The van der Waals surface area contributed by atoms with E-state index in [-0.39, 0.29) is 11.9 Å². The van der Waals surface area contributed by atoms with Gasteiger partial charge in [0.15, 0.2) is 5.69 Å². The first-order valence-electron chi connectivity index (χ1n) is 9.37. The van der Waals surface area contributed by atoms with Crippen LogP contribution in [-0.2, 0) is 6.54 Å². The van der Waals surface area contributed by atoms with Crippen LogP contribution in [0.15, 0.2) is 60.7 Å². The van der Waals surface area contributed by atoms with Gasteiger partial charge in [0.25, 0.3) is 5.91 Å². The second-order valence-electron chi connectivity index (χ2n) is 7.08. The first kappa shape index (κ1) is 17.4. The minimum absolute atomic E-state index is 0.138. The number of nitrogens with zero attached hydrogens (tertiary/aromatic N) is 3. The van der Waals surface area contributed by atoms with Gasteiger partial charge in [-0.05, 0) is 19.1 Å². The van der Waals surface area contributed by atoms with Gasteiger partial charge in [0.1, 0.15) is 6.54 Å². The molecule has 2 N–H and O–H groups in total. The highest BCUT2D eigenvalue weighted by Gasteiger charge is 2.29. The minimum Gasteiger partial charge on any atom is -0.342 e. The van der Waals surface area contributed by atoms with Gasteiger partial charge in [-0.15, -0.1) is 5.10 Å². The molecule has 0 radical (unpaired) electrons. The lowest BCUT2D eigenvalue weighted by molar-refractivity contribution is -0.901. The summed E-state index contributed by atoms with van der Waals surface area (Å²) in [5, 5.41) is 11.9. The second kappa shape index (κ2) is 7.72. The lowest BCUT2D eigenvalue weighted by atomic mass is 10.2. The Balaban J connectivity index is 1.38. The van der Waals surface area contributed by atoms with Crippen molar-refractivity contribution in [2.75, 3.05) is 13.1 Å². The molecule has 1 unspecified atom stereocenters. The first-order valence-corrected chi connectivity index (χ1v) is 9.37. The molecule has 1 fully saturated rings. The summed E-state index contributed by atoms with van der Waals surface area (Å²) in [6.07, 6.45) is 0.986. The van der Waals surface area contributed by atoms with Gasteiger partial charge in [-0.2, -0.15) is 9.90 Å². The zero-order valence-electron chi connectivity index (χ0n) is 15.4. The largest absolute Gasteiger partial charge is 0.342 e. The predicted octanol–water partition coefficient (Wildman–Crippen LogP) is 1.16. The van der Waals surface area contributed by atoms with Crippen molar-refractivity contribution in [1.82, 2.24) is 20.3 Å². The normalized spacial score (nSPS) is 19.1. The molecule has 0 saturated carbocycles. The Morgan fingerprint density at radius 1 is 1.11 bits per heavy atom. The van der Waals surface area contributed by atoms with E-state index in [0.29, 0.717) is 11.4 Å². The molecule has 0 aliphatic carbocycles. The number of rotatable bonds is 5. The summed E-state index contributed by atoms with van der Waals surface area (Å²) in [5.74, 6) is -0.138. The van der Waals surface area contributed by atoms with Gasteiger partial charge < -0.3 is 10.2 Å². The molecule has 1 amide bonds. The van der Waals surface area contributed by atoms with Crippen molar-refractivity contribution in [2.45, 2.75) is 25.9 Å². The van der Waals surface area contributed by atoms with Crippen LogP contribution in [0.25, 0.3) is 5.69 Å². The maximum atomic E-state index is 12.7. The highest BCUT2D eigenvalue weighted by atomic mass is 16.2. The van der Waals surface area contributed by atoms with Crippen LogP contribution < -0.4 is 10.2 Å². The smallest absolute Gasteiger partial charge is 0.274 e. The van der Waals surface area contributed by atoms with Crippen molar-refractivity contribution >= 4 is 5.91 Å². The Bertz CT molecular complexity index is 907. The Morgan fingerprint density at radius 2 is 1.81 bits per heavy atom. The number of aromatic nitrogens is 3. The van der Waals surface area contributed by atoms with Gasteiger partial charge in [-0.3, -0.25) is 4.79 Å². The number of benzene rings is 2. The summed E-state index contributed by atoms with van der Waals surface area (Å²) in [6.45, 7) is 4.82. The van der Waals surface area contributed by atoms with Crippen LogP contribution in [0.5, 0.6) is 0 Å². The lowest BCUT2D eigenvalue weighted by Gasteiger charge is -2.14. The van der Waals surface area contributed by atoms with Crippen LogP contribution in [0.1, 0.15) is 28.2 Å². The molecule has 1 aromatic heterocycles. The van der Waals surface area contributed by atoms with Crippen molar-refractivity contribution < 1.29 is 9.69 Å². The van der Waals surface area contributed by atoms with Gasteiger partial charge in [0.05, 0.1) is 30.5 Å². The van der Waals surface area contributed by atoms with E-state index in [1.165, 1.54) is 15.3 Å². The number of carbonyl (C=O) groups excluding carboxylic acids is 1. The molecular weight excluding hydrogens is 338 g/mol. The molecule has 1 aliphatic heterocycles. The average Bonchev–Trinajstić information content (AvgIpc) is 3.29. The Labute approximate surface area is 158 Å². The highest BCUT2D eigenvalue weighted by molar-refractivity contribution is 5.93.